The van der Waals surface area contributed by atoms with Gasteiger partial charge < -0.3 is 20.0 Å². The molecule has 0 spiro atoms. The van der Waals surface area contributed by atoms with Gasteiger partial charge in [0.15, 0.2) is 5.65 Å². The highest BCUT2D eigenvalue weighted by Gasteiger charge is 2.24. The Hall–Kier alpha value is -4.13. The molecule has 0 saturated carbocycles. The van der Waals surface area contributed by atoms with E-state index in [1.807, 2.05) is 68.4 Å². The summed E-state index contributed by atoms with van der Waals surface area (Å²) in [6.07, 6.45) is 1.60. The molecule has 0 fully saturated rings. The van der Waals surface area contributed by atoms with Gasteiger partial charge in [0.25, 0.3) is 5.91 Å². The molecule has 2 aromatic carbocycles. The molecule has 0 aliphatic carbocycles. The van der Waals surface area contributed by atoms with Gasteiger partial charge in [-0.1, -0.05) is 18.2 Å². The van der Waals surface area contributed by atoms with Gasteiger partial charge in [0.1, 0.15) is 22.7 Å². The Morgan fingerprint density at radius 1 is 1.03 bits per heavy atom. The lowest BCUT2D eigenvalue weighted by Gasteiger charge is -2.08. The smallest absolute Gasteiger partial charge is 0.261 e. The van der Waals surface area contributed by atoms with Crippen molar-refractivity contribution in [2.75, 3.05) is 11.1 Å². The van der Waals surface area contributed by atoms with E-state index in [2.05, 4.69) is 5.32 Å². The van der Waals surface area contributed by atoms with Gasteiger partial charge in [-0.05, 0) is 61.4 Å². The van der Waals surface area contributed by atoms with Crippen LogP contribution in [0.25, 0.3) is 22.2 Å². The summed E-state index contributed by atoms with van der Waals surface area (Å²) in [6, 6.07) is 17.0. The number of nitrogen functional groups attached to an aromatic ring is 1. The van der Waals surface area contributed by atoms with E-state index in [0.29, 0.717) is 46.1 Å². The number of carbonyl (C=O) groups excluding carboxylic acids is 1. The highest BCUT2D eigenvalue weighted by molar-refractivity contribution is 6.16. The second kappa shape index (κ2) is 7.28. The molecular weight excluding hydrogens is 390 g/mol. The third kappa shape index (κ3) is 3.30. The predicted molar refractivity (Wildman–Crippen MR) is 121 cm³/mol. The van der Waals surface area contributed by atoms with Gasteiger partial charge in [0.05, 0.1) is 23.8 Å². The van der Waals surface area contributed by atoms with Crippen molar-refractivity contribution in [2.24, 2.45) is 0 Å². The Labute approximate surface area is 178 Å². The summed E-state index contributed by atoms with van der Waals surface area (Å²) < 4.78 is 7.26. The average Bonchev–Trinajstić information content (AvgIpc) is 3.36. The van der Waals surface area contributed by atoms with Gasteiger partial charge >= 0.3 is 0 Å². The number of aryl methyl sites for hydroxylation is 2. The Bertz CT molecular complexity index is 1430. The fourth-order valence-corrected chi connectivity index (χ4v) is 3.67. The lowest BCUT2D eigenvalue weighted by Crippen LogP contribution is -2.15. The van der Waals surface area contributed by atoms with Crippen LogP contribution in [0, 0.1) is 13.8 Å². The van der Waals surface area contributed by atoms with E-state index in [4.69, 9.17) is 20.1 Å². The van der Waals surface area contributed by atoms with Crippen LogP contribution >= 0.6 is 0 Å². The van der Waals surface area contributed by atoms with Crippen LogP contribution in [0.15, 0.2) is 65.3 Å². The minimum Gasteiger partial charge on any atom is -0.467 e. The summed E-state index contributed by atoms with van der Waals surface area (Å²) in [5, 5.41) is 2.96. The second-order valence-corrected chi connectivity index (χ2v) is 7.56. The highest BCUT2D eigenvalue weighted by Crippen LogP contribution is 2.29. The van der Waals surface area contributed by atoms with Crippen molar-refractivity contribution in [3.63, 3.8) is 0 Å². The molecule has 0 aliphatic rings. The number of para-hydroxylation sites is 2. The zero-order chi connectivity index (χ0) is 21.5. The fourth-order valence-electron chi connectivity index (χ4n) is 3.67. The van der Waals surface area contributed by atoms with Crippen molar-refractivity contribution in [3.8, 4) is 0 Å². The van der Waals surface area contributed by atoms with E-state index in [1.54, 1.807) is 10.8 Å². The molecule has 31 heavy (non-hydrogen) atoms. The van der Waals surface area contributed by atoms with Crippen LogP contribution in [0.4, 0.5) is 11.5 Å². The Morgan fingerprint density at radius 3 is 2.52 bits per heavy atom. The molecule has 7 heteroatoms. The van der Waals surface area contributed by atoms with Gasteiger partial charge in [0.2, 0.25) is 0 Å². The van der Waals surface area contributed by atoms with Crippen molar-refractivity contribution in [3.05, 3.63) is 83.3 Å². The van der Waals surface area contributed by atoms with Crippen molar-refractivity contribution < 1.29 is 9.21 Å². The van der Waals surface area contributed by atoms with Crippen LogP contribution in [0.2, 0.25) is 0 Å². The van der Waals surface area contributed by atoms with Gasteiger partial charge in [-0.15, -0.1) is 0 Å². The number of rotatable bonds is 4. The molecule has 3 aromatic heterocycles. The summed E-state index contributed by atoms with van der Waals surface area (Å²) in [6.45, 7) is 4.38. The maximum Gasteiger partial charge on any atom is 0.261 e. The van der Waals surface area contributed by atoms with Crippen molar-refractivity contribution in [1.29, 1.82) is 0 Å². The van der Waals surface area contributed by atoms with E-state index in [0.717, 1.165) is 16.6 Å². The summed E-state index contributed by atoms with van der Waals surface area (Å²) in [5.41, 5.74) is 12.2. The summed E-state index contributed by atoms with van der Waals surface area (Å²) in [7, 11) is 0. The Morgan fingerprint density at radius 2 is 1.81 bits per heavy atom. The topological polar surface area (TPSA) is 99.0 Å². The highest BCUT2D eigenvalue weighted by atomic mass is 16.3. The maximum atomic E-state index is 13.3. The molecule has 3 heterocycles. The number of furan rings is 1. The van der Waals surface area contributed by atoms with Crippen LogP contribution in [0.5, 0.6) is 0 Å². The van der Waals surface area contributed by atoms with Crippen molar-refractivity contribution >= 4 is 39.6 Å². The maximum absolute atomic E-state index is 13.3. The first-order valence-corrected chi connectivity index (χ1v) is 9.96. The average molecular weight is 411 g/mol. The minimum atomic E-state index is -0.325. The van der Waals surface area contributed by atoms with Crippen molar-refractivity contribution in [2.45, 2.75) is 20.4 Å². The van der Waals surface area contributed by atoms with E-state index in [-0.39, 0.29) is 5.91 Å². The Kier molecular flexibility index (Phi) is 4.43. The molecule has 7 nitrogen and oxygen atoms in total. The van der Waals surface area contributed by atoms with E-state index in [1.165, 1.54) is 0 Å². The normalized spacial score (nSPS) is 11.3. The molecule has 3 N–H and O–H groups in total. The van der Waals surface area contributed by atoms with Crippen LogP contribution in [-0.2, 0) is 6.54 Å². The summed E-state index contributed by atoms with van der Waals surface area (Å²) in [5.74, 6) is 0.677. The van der Waals surface area contributed by atoms with Crippen LogP contribution in [0.1, 0.15) is 27.2 Å². The summed E-state index contributed by atoms with van der Waals surface area (Å²) >= 11 is 0. The number of carbonyl (C=O) groups is 1. The molecule has 5 aromatic rings. The lowest BCUT2D eigenvalue weighted by molar-refractivity contribution is 0.102. The molecule has 5 rings (SSSR count). The summed E-state index contributed by atoms with van der Waals surface area (Å²) in [4.78, 5) is 22.8. The number of nitrogens with zero attached hydrogens (tertiary/aromatic N) is 3. The first-order valence-electron chi connectivity index (χ1n) is 9.96. The number of hydrogen-bond acceptors (Lipinski definition) is 5. The van der Waals surface area contributed by atoms with Gasteiger partial charge in [-0.3, -0.25) is 4.79 Å². The molecule has 0 saturated heterocycles. The van der Waals surface area contributed by atoms with Gasteiger partial charge in [-0.2, -0.15) is 0 Å². The predicted octanol–water partition coefficient (Wildman–Crippen LogP) is 4.68. The second-order valence-electron chi connectivity index (χ2n) is 7.56. The molecule has 0 aliphatic heterocycles. The number of aromatic nitrogens is 3. The quantitative estimate of drug-likeness (QED) is 0.447. The molecular formula is C24H21N5O2. The molecule has 0 atom stereocenters. The zero-order valence-electron chi connectivity index (χ0n) is 17.2. The fraction of sp³-hybridized carbons (Fsp3) is 0.125. The number of hydrogen-bond donors (Lipinski definition) is 2. The van der Waals surface area contributed by atoms with E-state index in [9.17, 15) is 4.79 Å². The number of nitrogens with two attached hydrogens (primary N) is 1. The monoisotopic (exact) mass is 411 g/mol. The Balaban J connectivity index is 1.66. The number of anilines is 2. The number of benzene rings is 2. The van der Waals surface area contributed by atoms with Gasteiger partial charge in [-0.25, -0.2) is 9.97 Å². The molecule has 154 valence electrons. The number of amides is 1. The third-order valence-electron chi connectivity index (χ3n) is 5.48. The van der Waals surface area contributed by atoms with Crippen LogP contribution in [-0.4, -0.2) is 20.4 Å². The molecule has 0 unspecified atom stereocenters. The minimum absolute atomic E-state index is 0.294. The SMILES string of the molecule is Cc1ccc(NC(=O)c2c(N)n(Cc3ccco3)c3nc4ccccc4nc23)cc1C. The van der Waals surface area contributed by atoms with E-state index < -0.39 is 0 Å². The molecule has 1 amide bonds. The largest absolute Gasteiger partial charge is 0.467 e. The third-order valence-corrected chi connectivity index (χ3v) is 5.48. The number of nitrogens with one attached hydrogen (secondary N) is 1. The van der Waals surface area contributed by atoms with Crippen LogP contribution in [0.3, 0.4) is 0 Å². The number of fused-ring (bicyclic) bond motifs is 2. The standard InChI is InChI=1S/C24H21N5O2/c1-14-9-10-16(12-15(14)2)26-24(30)20-21-23(28-19-8-4-3-7-18(19)27-21)29(22(20)25)13-17-6-5-11-31-17/h3-12H,13,25H2,1-2H3,(H,26,30). The zero-order valence-corrected chi connectivity index (χ0v) is 17.2. The van der Waals surface area contributed by atoms with E-state index >= 15 is 0 Å². The molecule has 0 radical (unpaired) electrons. The first kappa shape index (κ1) is 18.9. The lowest BCUT2D eigenvalue weighted by atomic mass is 10.1. The van der Waals surface area contributed by atoms with Crippen molar-refractivity contribution in [1.82, 2.24) is 14.5 Å². The van der Waals surface area contributed by atoms with Crippen LogP contribution < -0.4 is 11.1 Å². The molecule has 0 bridgehead atoms. The van der Waals surface area contributed by atoms with Gasteiger partial charge in [0, 0.05) is 5.69 Å². The first-order chi connectivity index (χ1) is 15.0.